The molecule has 3 heterocycles. The lowest BCUT2D eigenvalue weighted by molar-refractivity contribution is -0.384. The molecule has 0 saturated carbocycles. The fourth-order valence-electron chi connectivity index (χ4n) is 3.80. The topological polar surface area (TPSA) is 94.3 Å². The van der Waals surface area contributed by atoms with E-state index in [0.29, 0.717) is 35.6 Å². The molecule has 1 atom stereocenters. The van der Waals surface area contributed by atoms with Crippen molar-refractivity contribution in [1.82, 2.24) is 5.01 Å². The van der Waals surface area contributed by atoms with E-state index in [1.54, 1.807) is 17.1 Å². The summed E-state index contributed by atoms with van der Waals surface area (Å²) >= 11 is 0. The molecular formula is C19H15N3O5. The Hall–Kier alpha value is -3.42. The number of hydrogen-bond acceptors (Lipinski definition) is 6. The van der Waals surface area contributed by atoms with Gasteiger partial charge in [0.2, 0.25) is 12.7 Å². The molecule has 0 bridgehead atoms. The monoisotopic (exact) mass is 365 g/mol. The third-order valence-electron chi connectivity index (χ3n) is 5.16. The Labute approximate surface area is 154 Å². The van der Waals surface area contributed by atoms with Crippen LogP contribution in [0.1, 0.15) is 29.5 Å². The standard InChI is InChI=1S/C19H15N3O5/c23-18-6-5-14-7-12-8-16-17(27-10-26-16)9-15(12)19(20-21(14)18)11-1-3-13(4-2-11)22(24)25/h1-4,8-9,14H,5-7,10H2. The zero-order valence-corrected chi connectivity index (χ0v) is 14.3. The maximum atomic E-state index is 12.3. The highest BCUT2D eigenvalue weighted by Gasteiger charge is 2.36. The predicted octanol–water partition coefficient (Wildman–Crippen LogP) is 2.62. The van der Waals surface area contributed by atoms with E-state index >= 15 is 0 Å². The lowest BCUT2D eigenvalue weighted by atomic mass is 9.93. The van der Waals surface area contributed by atoms with E-state index in [4.69, 9.17) is 9.47 Å². The highest BCUT2D eigenvalue weighted by atomic mass is 16.7. The number of non-ortho nitro benzene ring substituents is 1. The van der Waals surface area contributed by atoms with Crippen molar-refractivity contribution in [2.75, 3.05) is 6.79 Å². The third kappa shape index (κ3) is 2.52. The van der Waals surface area contributed by atoms with Crippen LogP contribution in [0, 0.1) is 10.1 Å². The molecule has 0 aromatic heterocycles. The SMILES string of the molecule is O=C1CCC2Cc3cc4c(cc3C(c3ccc([N+](=O)[O-])cc3)=NN12)OCO4. The number of carbonyl (C=O) groups is 1. The number of nitrogens with zero attached hydrogens (tertiary/aromatic N) is 3. The van der Waals surface area contributed by atoms with Gasteiger partial charge in [-0.25, -0.2) is 5.01 Å². The van der Waals surface area contributed by atoms with Crippen molar-refractivity contribution in [3.63, 3.8) is 0 Å². The molecule has 1 saturated heterocycles. The second kappa shape index (κ2) is 5.80. The van der Waals surface area contributed by atoms with Crippen molar-refractivity contribution >= 4 is 17.3 Å². The first-order chi connectivity index (χ1) is 13.1. The van der Waals surface area contributed by atoms with E-state index in [9.17, 15) is 14.9 Å². The minimum atomic E-state index is -0.440. The number of nitro benzene ring substituents is 1. The number of nitro groups is 1. The molecule has 0 spiro atoms. The quantitative estimate of drug-likeness (QED) is 0.602. The molecule has 1 fully saturated rings. The molecule has 3 aliphatic heterocycles. The molecule has 0 N–H and O–H groups in total. The molecule has 1 unspecified atom stereocenters. The first kappa shape index (κ1) is 15.8. The van der Waals surface area contributed by atoms with Gasteiger partial charge in [0.1, 0.15) is 0 Å². The molecule has 27 heavy (non-hydrogen) atoms. The van der Waals surface area contributed by atoms with Crippen LogP contribution in [-0.4, -0.2) is 34.4 Å². The first-order valence-electron chi connectivity index (χ1n) is 8.68. The van der Waals surface area contributed by atoms with Gasteiger partial charge < -0.3 is 9.47 Å². The summed E-state index contributed by atoms with van der Waals surface area (Å²) in [5.41, 5.74) is 3.21. The van der Waals surface area contributed by atoms with Gasteiger partial charge in [0.05, 0.1) is 16.7 Å². The largest absolute Gasteiger partial charge is 0.454 e. The van der Waals surface area contributed by atoms with Gasteiger partial charge in [-0.1, -0.05) is 0 Å². The van der Waals surface area contributed by atoms with E-state index in [1.807, 2.05) is 12.1 Å². The van der Waals surface area contributed by atoms with Crippen LogP contribution < -0.4 is 9.47 Å². The molecule has 5 rings (SSSR count). The van der Waals surface area contributed by atoms with Gasteiger partial charge in [-0.15, -0.1) is 0 Å². The summed E-state index contributed by atoms with van der Waals surface area (Å²) in [4.78, 5) is 22.8. The van der Waals surface area contributed by atoms with Crippen LogP contribution in [0.5, 0.6) is 11.5 Å². The van der Waals surface area contributed by atoms with Crippen LogP contribution in [0.25, 0.3) is 0 Å². The molecule has 2 aromatic carbocycles. The van der Waals surface area contributed by atoms with Gasteiger partial charge in [-0.05, 0) is 42.7 Å². The van der Waals surface area contributed by atoms with E-state index in [0.717, 1.165) is 17.5 Å². The Morgan fingerprint density at radius 2 is 1.89 bits per heavy atom. The average molecular weight is 365 g/mol. The molecular weight excluding hydrogens is 350 g/mol. The Morgan fingerprint density at radius 3 is 2.63 bits per heavy atom. The third-order valence-corrected chi connectivity index (χ3v) is 5.16. The van der Waals surface area contributed by atoms with Crippen molar-refractivity contribution in [3.05, 3.63) is 63.2 Å². The van der Waals surface area contributed by atoms with Crippen LogP contribution in [-0.2, 0) is 11.2 Å². The fourth-order valence-corrected chi connectivity index (χ4v) is 3.80. The van der Waals surface area contributed by atoms with E-state index < -0.39 is 4.92 Å². The molecule has 8 nitrogen and oxygen atoms in total. The van der Waals surface area contributed by atoms with Crippen LogP contribution in [0.15, 0.2) is 41.5 Å². The van der Waals surface area contributed by atoms with E-state index in [-0.39, 0.29) is 24.4 Å². The Bertz CT molecular complexity index is 999. The van der Waals surface area contributed by atoms with Gasteiger partial charge >= 0.3 is 0 Å². The molecule has 0 radical (unpaired) electrons. The summed E-state index contributed by atoms with van der Waals surface area (Å²) < 4.78 is 11.0. The van der Waals surface area contributed by atoms with Crippen molar-refractivity contribution in [3.8, 4) is 11.5 Å². The molecule has 136 valence electrons. The highest BCUT2D eigenvalue weighted by Crippen LogP contribution is 2.39. The van der Waals surface area contributed by atoms with Crippen LogP contribution in [0.3, 0.4) is 0 Å². The van der Waals surface area contributed by atoms with Gasteiger partial charge in [-0.3, -0.25) is 14.9 Å². The lowest BCUT2D eigenvalue weighted by Gasteiger charge is -2.17. The van der Waals surface area contributed by atoms with Crippen LogP contribution in [0.2, 0.25) is 0 Å². The summed E-state index contributed by atoms with van der Waals surface area (Å²) in [6.45, 7) is 0.177. The summed E-state index contributed by atoms with van der Waals surface area (Å²) in [7, 11) is 0. The summed E-state index contributed by atoms with van der Waals surface area (Å²) in [5, 5.41) is 17.2. The maximum Gasteiger partial charge on any atom is 0.269 e. The summed E-state index contributed by atoms with van der Waals surface area (Å²) in [6, 6.07) is 10.0. The number of hydrazone groups is 1. The van der Waals surface area contributed by atoms with Gasteiger partial charge in [-0.2, -0.15) is 5.10 Å². The summed E-state index contributed by atoms with van der Waals surface area (Å²) in [6.07, 6.45) is 1.91. The number of rotatable bonds is 2. The normalized spacial score (nSPS) is 20.0. The minimum Gasteiger partial charge on any atom is -0.454 e. The Balaban J connectivity index is 1.68. The molecule has 3 aliphatic rings. The van der Waals surface area contributed by atoms with Gasteiger partial charge in [0, 0.05) is 29.7 Å². The Morgan fingerprint density at radius 1 is 1.15 bits per heavy atom. The van der Waals surface area contributed by atoms with Crippen LogP contribution >= 0.6 is 0 Å². The van der Waals surface area contributed by atoms with Crippen LogP contribution in [0.4, 0.5) is 5.69 Å². The number of ether oxygens (including phenoxy) is 2. The second-order valence-corrected chi connectivity index (χ2v) is 6.75. The zero-order valence-electron chi connectivity index (χ0n) is 14.3. The van der Waals surface area contributed by atoms with Crippen molar-refractivity contribution in [2.45, 2.75) is 25.3 Å². The van der Waals surface area contributed by atoms with Gasteiger partial charge in [0.15, 0.2) is 11.5 Å². The Kier molecular flexibility index (Phi) is 3.40. The number of amides is 1. The molecule has 0 aliphatic carbocycles. The van der Waals surface area contributed by atoms with Gasteiger partial charge in [0.25, 0.3) is 5.69 Å². The average Bonchev–Trinajstić information content (AvgIpc) is 3.21. The van der Waals surface area contributed by atoms with Crippen molar-refractivity contribution in [1.29, 1.82) is 0 Å². The zero-order chi connectivity index (χ0) is 18.5. The summed E-state index contributed by atoms with van der Waals surface area (Å²) in [5.74, 6) is 1.32. The second-order valence-electron chi connectivity index (χ2n) is 6.75. The lowest BCUT2D eigenvalue weighted by Crippen LogP contribution is -2.29. The predicted molar refractivity (Wildman–Crippen MR) is 94.9 cm³/mol. The number of benzene rings is 2. The smallest absolute Gasteiger partial charge is 0.269 e. The van der Waals surface area contributed by atoms with E-state index in [1.165, 1.54) is 12.1 Å². The van der Waals surface area contributed by atoms with E-state index in [2.05, 4.69) is 5.10 Å². The fraction of sp³-hybridized carbons (Fsp3) is 0.263. The highest BCUT2D eigenvalue weighted by molar-refractivity contribution is 6.14. The number of hydrogen-bond donors (Lipinski definition) is 0. The molecule has 1 amide bonds. The first-order valence-corrected chi connectivity index (χ1v) is 8.68. The maximum absolute atomic E-state index is 12.3. The molecule has 8 heteroatoms. The van der Waals surface area contributed by atoms with Crippen molar-refractivity contribution < 1.29 is 19.2 Å². The van der Waals surface area contributed by atoms with Crippen molar-refractivity contribution in [2.24, 2.45) is 5.10 Å². The molecule has 2 aromatic rings. The minimum absolute atomic E-state index is 0.00664. The number of fused-ring (bicyclic) bond motifs is 3. The number of carbonyl (C=O) groups excluding carboxylic acids is 1.